The van der Waals surface area contributed by atoms with Gasteiger partial charge in [-0.25, -0.2) is 0 Å². The molecule has 0 radical (unpaired) electrons. The van der Waals surface area contributed by atoms with Gasteiger partial charge in [-0.3, -0.25) is 19.3 Å². The Morgan fingerprint density at radius 2 is 1.85 bits per heavy atom. The van der Waals surface area contributed by atoms with Crippen LogP contribution in [0.25, 0.3) is 0 Å². The molecule has 1 atom stereocenters. The average Bonchev–Trinajstić information content (AvgIpc) is 2.62. The number of nitrogens with one attached hydrogen (secondary N) is 1. The third-order valence-corrected chi connectivity index (χ3v) is 4.16. The smallest absolute Gasteiger partial charge is 0.311 e. The van der Waals surface area contributed by atoms with E-state index < -0.39 is 18.0 Å². The van der Waals surface area contributed by atoms with Gasteiger partial charge in [-0.1, -0.05) is 42.0 Å². The molecular weight excluding hydrogens is 332 g/mol. The van der Waals surface area contributed by atoms with Gasteiger partial charge in [-0.2, -0.15) is 0 Å². The van der Waals surface area contributed by atoms with Gasteiger partial charge in [0, 0.05) is 0 Å². The fraction of sp³-hybridized carbons (Fsp3) is 0.250. The van der Waals surface area contributed by atoms with Crippen LogP contribution in [0.1, 0.15) is 18.1 Å². The molecule has 2 amide bonds. The minimum Gasteiger partial charge on any atom is -0.452 e. The van der Waals surface area contributed by atoms with E-state index >= 15 is 0 Å². The Bertz CT molecular complexity index is 845. The van der Waals surface area contributed by atoms with Crippen LogP contribution in [-0.2, 0) is 25.5 Å². The van der Waals surface area contributed by atoms with E-state index in [1.54, 1.807) is 24.3 Å². The van der Waals surface area contributed by atoms with E-state index in [-0.39, 0.29) is 18.9 Å². The van der Waals surface area contributed by atoms with E-state index in [0.29, 0.717) is 11.4 Å². The number of para-hydroxylation sites is 2. The maximum absolute atomic E-state index is 12.7. The van der Waals surface area contributed by atoms with Gasteiger partial charge in [-0.15, -0.1) is 0 Å². The first kappa shape index (κ1) is 17.7. The minimum atomic E-state index is -0.980. The predicted molar refractivity (Wildman–Crippen MR) is 97.9 cm³/mol. The van der Waals surface area contributed by atoms with Crippen LogP contribution in [0, 0.1) is 6.92 Å². The Balaban J connectivity index is 1.67. The fourth-order valence-corrected chi connectivity index (χ4v) is 2.81. The monoisotopic (exact) mass is 352 g/mol. The van der Waals surface area contributed by atoms with E-state index in [2.05, 4.69) is 5.32 Å². The van der Waals surface area contributed by atoms with Crippen LogP contribution in [0.4, 0.5) is 11.4 Å². The van der Waals surface area contributed by atoms with Crippen LogP contribution < -0.4 is 10.2 Å². The molecule has 0 bridgehead atoms. The average molecular weight is 352 g/mol. The molecule has 1 aliphatic heterocycles. The number of amides is 2. The fourth-order valence-electron chi connectivity index (χ4n) is 2.81. The van der Waals surface area contributed by atoms with Crippen LogP contribution in [0.15, 0.2) is 48.5 Å². The van der Waals surface area contributed by atoms with Crippen LogP contribution in [-0.4, -0.2) is 30.4 Å². The summed E-state index contributed by atoms with van der Waals surface area (Å²) in [5.74, 6) is -1.19. The van der Waals surface area contributed by atoms with Gasteiger partial charge in [0.2, 0.25) is 5.91 Å². The number of nitrogens with zero attached hydrogens (tertiary/aromatic N) is 1. The van der Waals surface area contributed by atoms with Crippen molar-refractivity contribution in [1.82, 2.24) is 0 Å². The normalized spacial score (nSPS) is 14.2. The van der Waals surface area contributed by atoms with Crippen molar-refractivity contribution in [3.8, 4) is 0 Å². The highest BCUT2D eigenvalue weighted by Gasteiger charge is 2.31. The molecule has 0 fully saturated rings. The third-order valence-electron chi connectivity index (χ3n) is 4.16. The number of hydrogen-bond acceptors (Lipinski definition) is 4. The quantitative estimate of drug-likeness (QED) is 0.858. The minimum absolute atomic E-state index is 0.0922. The van der Waals surface area contributed by atoms with Gasteiger partial charge in [0.25, 0.3) is 5.91 Å². The number of rotatable bonds is 4. The highest BCUT2D eigenvalue weighted by Crippen LogP contribution is 2.29. The molecule has 2 aromatic rings. The first-order valence-corrected chi connectivity index (χ1v) is 8.39. The number of carbonyl (C=O) groups excluding carboxylic acids is 3. The van der Waals surface area contributed by atoms with Gasteiger partial charge < -0.3 is 10.1 Å². The van der Waals surface area contributed by atoms with Crippen molar-refractivity contribution >= 4 is 29.2 Å². The van der Waals surface area contributed by atoms with Crippen LogP contribution in [0.5, 0.6) is 0 Å². The zero-order valence-electron chi connectivity index (χ0n) is 14.7. The zero-order chi connectivity index (χ0) is 18.7. The molecule has 0 saturated carbocycles. The molecule has 134 valence electrons. The number of benzene rings is 2. The van der Waals surface area contributed by atoms with E-state index in [9.17, 15) is 14.4 Å². The largest absolute Gasteiger partial charge is 0.452 e. The summed E-state index contributed by atoms with van der Waals surface area (Å²) in [6.45, 7) is 3.38. The predicted octanol–water partition coefficient (Wildman–Crippen LogP) is 2.45. The molecule has 0 spiro atoms. The van der Waals surface area contributed by atoms with E-state index in [1.807, 2.05) is 31.2 Å². The number of hydrogen-bond donors (Lipinski definition) is 1. The van der Waals surface area contributed by atoms with E-state index in [1.165, 1.54) is 11.8 Å². The molecule has 1 heterocycles. The molecule has 1 aliphatic rings. The second-order valence-electron chi connectivity index (χ2n) is 6.28. The molecule has 6 nitrogen and oxygen atoms in total. The van der Waals surface area contributed by atoms with Gasteiger partial charge in [0.15, 0.2) is 6.10 Å². The first-order chi connectivity index (χ1) is 12.4. The van der Waals surface area contributed by atoms with Crippen molar-refractivity contribution in [2.75, 3.05) is 16.8 Å². The Morgan fingerprint density at radius 3 is 2.58 bits per heavy atom. The van der Waals surface area contributed by atoms with Crippen molar-refractivity contribution in [3.63, 3.8) is 0 Å². The summed E-state index contributed by atoms with van der Waals surface area (Å²) in [6.07, 6.45) is -0.887. The lowest BCUT2D eigenvalue weighted by molar-refractivity contribution is -0.153. The lowest BCUT2D eigenvalue weighted by Gasteiger charge is -2.30. The summed E-state index contributed by atoms with van der Waals surface area (Å²) < 4.78 is 5.29. The summed E-state index contributed by atoms with van der Waals surface area (Å²) in [5, 5.41) is 2.72. The SMILES string of the molecule is Cc1ccc(CC(=O)O[C@@H](C)C(=O)N2CC(=O)Nc3ccccc32)cc1. The lowest BCUT2D eigenvalue weighted by atomic mass is 10.1. The molecule has 2 aromatic carbocycles. The highest BCUT2D eigenvalue weighted by atomic mass is 16.5. The topological polar surface area (TPSA) is 75.7 Å². The number of esters is 1. The second kappa shape index (κ2) is 7.39. The van der Waals surface area contributed by atoms with Crippen LogP contribution in [0.3, 0.4) is 0 Å². The number of fused-ring (bicyclic) bond motifs is 1. The Hall–Kier alpha value is -3.15. The van der Waals surface area contributed by atoms with Gasteiger partial charge >= 0.3 is 5.97 Å². The highest BCUT2D eigenvalue weighted by molar-refractivity contribution is 6.11. The summed E-state index contributed by atoms with van der Waals surface area (Å²) in [4.78, 5) is 38.0. The van der Waals surface area contributed by atoms with Crippen molar-refractivity contribution in [2.45, 2.75) is 26.4 Å². The number of ether oxygens (including phenoxy) is 1. The lowest BCUT2D eigenvalue weighted by Crippen LogP contribution is -2.47. The van der Waals surface area contributed by atoms with Gasteiger partial charge in [0.05, 0.1) is 17.8 Å². The number of aryl methyl sites for hydroxylation is 1. The zero-order valence-corrected chi connectivity index (χ0v) is 14.7. The molecule has 0 saturated heterocycles. The standard InChI is InChI=1S/C20H20N2O4/c1-13-7-9-15(10-8-13)11-19(24)26-14(2)20(25)22-12-18(23)21-16-5-3-4-6-17(16)22/h3-10,14H,11-12H2,1-2H3,(H,21,23)/t14-/m0/s1. The van der Waals surface area contributed by atoms with Crippen molar-refractivity contribution < 1.29 is 19.1 Å². The third kappa shape index (κ3) is 3.91. The molecule has 26 heavy (non-hydrogen) atoms. The summed E-state index contributed by atoms with van der Waals surface area (Å²) >= 11 is 0. The molecule has 1 N–H and O–H groups in total. The molecular formula is C20H20N2O4. The Morgan fingerprint density at radius 1 is 1.15 bits per heavy atom. The molecule has 0 aromatic heterocycles. The maximum Gasteiger partial charge on any atom is 0.311 e. The summed E-state index contributed by atoms with van der Waals surface area (Å²) in [5.41, 5.74) is 3.09. The molecule has 0 aliphatic carbocycles. The van der Waals surface area contributed by atoms with Crippen molar-refractivity contribution in [3.05, 3.63) is 59.7 Å². The molecule has 0 unspecified atom stereocenters. The number of carbonyl (C=O) groups is 3. The second-order valence-corrected chi connectivity index (χ2v) is 6.28. The summed E-state index contributed by atoms with van der Waals surface area (Å²) in [7, 11) is 0. The van der Waals surface area contributed by atoms with Crippen LogP contribution in [0.2, 0.25) is 0 Å². The van der Waals surface area contributed by atoms with Crippen LogP contribution >= 0.6 is 0 Å². The maximum atomic E-state index is 12.7. The Labute approximate surface area is 151 Å². The van der Waals surface area contributed by atoms with Crippen molar-refractivity contribution in [1.29, 1.82) is 0 Å². The van der Waals surface area contributed by atoms with Gasteiger partial charge in [-0.05, 0) is 31.5 Å². The Kier molecular flexibility index (Phi) is 5.02. The van der Waals surface area contributed by atoms with Crippen molar-refractivity contribution in [2.24, 2.45) is 0 Å². The molecule has 6 heteroatoms. The van der Waals surface area contributed by atoms with E-state index in [4.69, 9.17) is 4.74 Å². The number of anilines is 2. The molecule has 3 rings (SSSR count). The van der Waals surface area contributed by atoms with E-state index in [0.717, 1.165) is 11.1 Å². The first-order valence-electron chi connectivity index (χ1n) is 8.39. The summed E-state index contributed by atoms with van der Waals surface area (Å²) in [6, 6.07) is 14.6. The van der Waals surface area contributed by atoms with Gasteiger partial charge in [0.1, 0.15) is 6.54 Å².